The lowest BCUT2D eigenvalue weighted by molar-refractivity contribution is 0.0937. The van der Waals surface area contributed by atoms with Gasteiger partial charge in [0.1, 0.15) is 10.8 Å². The Bertz CT molecular complexity index is 519. The second-order valence-electron chi connectivity index (χ2n) is 4.27. The maximum Gasteiger partial charge on any atom is 0.282 e. The highest BCUT2D eigenvalue weighted by molar-refractivity contribution is 7.13. The van der Waals surface area contributed by atoms with Crippen molar-refractivity contribution in [1.82, 2.24) is 25.5 Å². The Morgan fingerprint density at radius 3 is 2.72 bits per heavy atom. The number of nitrogens with one attached hydrogen (secondary N) is 2. The summed E-state index contributed by atoms with van der Waals surface area (Å²) in [6.07, 6.45) is 3.37. The number of hydrogen-bond donors (Lipinski definition) is 2. The Kier molecular flexibility index (Phi) is 3.71. The van der Waals surface area contributed by atoms with Gasteiger partial charge in [0.05, 0.1) is 6.04 Å². The van der Waals surface area contributed by atoms with E-state index in [0.717, 1.165) is 10.8 Å². The van der Waals surface area contributed by atoms with Crippen LogP contribution in [0.5, 0.6) is 0 Å². The van der Waals surface area contributed by atoms with Crippen LogP contribution in [0.4, 0.5) is 0 Å². The zero-order chi connectivity index (χ0) is 13.1. The van der Waals surface area contributed by atoms with E-state index >= 15 is 0 Å². The third-order valence-corrected chi connectivity index (χ3v) is 3.63. The van der Waals surface area contributed by atoms with Gasteiger partial charge in [-0.25, -0.2) is 4.98 Å². The zero-order valence-electron chi connectivity index (χ0n) is 10.5. The first kappa shape index (κ1) is 12.7. The van der Waals surface area contributed by atoms with Gasteiger partial charge in [-0.15, -0.1) is 10.2 Å². The van der Waals surface area contributed by atoms with Crippen molar-refractivity contribution >= 4 is 17.2 Å². The first-order valence-electron chi connectivity index (χ1n) is 5.71. The maximum atomic E-state index is 11.9. The van der Waals surface area contributed by atoms with Crippen molar-refractivity contribution in [2.24, 2.45) is 0 Å². The predicted molar refractivity (Wildman–Crippen MR) is 68.5 cm³/mol. The fourth-order valence-corrected chi connectivity index (χ4v) is 2.15. The first-order chi connectivity index (χ1) is 8.58. The number of carbonyl (C=O) groups is 1. The van der Waals surface area contributed by atoms with Crippen molar-refractivity contribution in [3.8, 4) is 0 Å². The SMILES string of the molecule is CC(C)c1nnc(C(=O)N[C@@H](C)c2ncc[nH]2)s1. The smallest absolute Gasteiger partial charge is 0.282 e. The molecule has 0 saturated heterocycles. The van der Waals surface area contributed by atoms with Crippen LogP contribution in [-0.4, -0.2) is 26.1 Å². The van der Waals surface area contributed by atoms with Crippen LogP contribution >= 0.6 is 11.3 Å². The molecule has 0 aliphatic carbocycles. The summed E-state index contributed by atoms with van der Waals surface area (Å²) in [5.41, 5.74) is 0. The van der Waals surface area contributed by atoms with Gasteiger partial charge in [-0.2, -0.15) is 0 Å². The van der Waals surface area contributed by atoms with Gasteiger partial charge in [0.15, 0.2) is 0 Å². The molecular weight excluding hydrogens is 250 g/mol. The van der Waals surface area contributed by atoms with Gasteiger partial charge in [0.2, 0.25) is 5.01 Å². The van der Waals surface area contributed by atoms with Gasteiger partial charge in [-0.1, -0.05) is 25.2 Å². The van der Waals surface area contributed by atoms with E-state index < -0.39 is 0 Å². The summed E-state index contributed by atoms with van der Waals surface area (Å²) < 4.78 is 0. The van der Waals surface area contributed by atoms with Crippen LogP contribution in [0.2, 0.25) is 0 Å². The Hall–Kier alpha value is -1.76. The van der Waals surface area contributed by atoms with Crippen LogP contribution in [-0.2, 0) is 0 Å². The van der Waals surface area contributed by atoms with Gasteiger partial charge in [-0.3, -0.25) is 4.79 Å². The van der Waals surface area contributed by atoms with Gasteiger partial charge in [-0.05, 0) is 6.92 Å². The van der Waals surface area contributed by atoms with Crippen LogP contribution in [0.25, 0.3) is 0 Å². The van der Waals surface area contributed by atoms with Crippen molar-refractivity contribution in [2.45, 2.75) is 32.7 Å². The molecule has 0 aliphatic rings. The van der Waals surface area contributed by atoms with E-state index in [2.05, 4.69) is 25.5 Å². The van der Waals surface area contributed by atoms with Gasteiger partial charge in [0.25, 0.3) is 5.91 Å². The van der Waals surface area contributed by atoms with E-state index in [4.69, 9.17) is 0 Å². The average Bonchev–Trinajstić information content (AvgIpc) is 3.00. The second-order valence-corrected chi connectivity index (χ2v) is 5.28. The second kappa shape index (κ2) is 5.26. The van der Waals surface area contributed by atoms with Crippen molar-refractivity contribution in [3.05, 3.63) is 28.2 Å². The lowest BCUT2D eigenvalue weighted by Crippen LogP contribution is -2.27. The lowest BCUT2D eigenvalue weighted by atomic mass is 10.2. The highest BCUT2D eigenvalue weighted by Gasteiger charge is 2.17. The Balaban J connectivity index is 2.03. The number of aromatic nitrogens is 4. The van der Waals surface area contributed by atoms with Crippen molar-refractivity contribution in [1.29, 1.82) is 0 Å². The molecule has 1 amide bonds. The number of hydrogen-bond acceptors (Lipinski definition) is 5. The predicted octanol–water partition coefficient (Wildman–Crippen LogP) is 1.88. The van der Waals surface area contributed by atoms with Crippen molar-refractivity contribution < 1.29 is 4.79 Å². The first-order valence-corrected chi connectivity index (χ1v) is 6.53. The average molecular weight is 265 g/mol. The minimum Gasteiger partial charge on any atom is -0.347 e. The topological polar surface area (TPSA) is 83.6 Å². The number of aromatic amines is 1. The standard InChI is InChI=1S/C11H15N5OS/c1-6(2)10-15-16-11(18-10)9(17)14-7(3)8-12-4-5-13-8/h4-7H,1-3H3,(H,12,13)(H,14,17)/t7-/m0/s1. The van der Waals surface area contributed by atoms with E-state index in [9.17, 15) is 4.79 Å². The molecule has 0 unspecified atom stereocenters. The third kappa shape index (κ3) is 2.73. The number of rotatable bonds is 4. The molecule has 0 fully saturated rings. The van der Waals surface area contributed by atoms with Crippen molar-refractivity contribution in [3.63, 3.8) is 0 Å². The molecule has 0 bridgehead atoms. The summed E-state index contributed by atoms with van der Waals surface area (Å²) in [5.74, 6) is 0.784. The van der Waals surface area contributed by atoms with E-state index in [1.165, 1.54) is 11.3 Å². The molecule has 0 aromatic carbocycles. The van der Waals surface area contributed by atoms with Crippen LogP contribution in [0.1, 0.15) is 53.4 Å². The summed E-state index contributed by atoms with van der Waals surface area (Å²) in [4.78, 5) is 19.0. The van der Waals surface area contributed by atoms with Crippen LogP contribution in [0.3, 0.4) is 0 Å². The minimum absolute atomic E-state index is 0.182. The monoisotopic (exact) mass is 265 g/mol. The number of carbonyl (C=O) groups excluding carboxylic acids is 1. The van der Waals surface area contributed by atoms with Gasteiger partial charge < -0.3 is 10.3 Å². The molecule has 0 saturated carbocycles. The molecule has 0 radical (unpaired) electrons. The Morgan fingerprint density at radius 1 is 1.39 bits per heavy atom. The fraction of sp³-hybridized carbons (Fsp3) is 0.455. The minimum atomic E-state index is -0.219. The summed E-state index contributed by atoms with van der Waals surface area (Å²) in [5, 5.41) is 12.0. The number of nitrogens with zero attached hydrogens (tertiary/aromatic N) is 3. The van der Waals surface area contributed by atoms with Gasteiger partial charge >= 0.3 is 0 Å². The molecule has 2 heterocycles. The summed E-state index contributed by atoms with van der Waals surface area (Å²) >= 11 is 1.32. The number of imidazole rings is 1. The van der Waals surface area contributed by atoms with Crippen LogP contribution in [0, 0.1) is 0 Å². The van der Waals surface area contributed by atoms with E-state index in [0.29, 0.717) is 5.01 Å². The lowest BCUT2D eigenvalue weighted by Gasteiger charge is -2.09. The molecule has 2 N–H and O–H groups in total. The number of amides is 1. The molecule has 2 aromatic heterocycles. The molecule has 0 aliphatic heterocycles. The van der Waals surface area contributed by atoms with E-state index in [1.54, 1.807) is 12.4 Å². The largest absolute Gasteiger partial charge is 0.347 e. The molecule has 96 valence electrons. The third-order valence-electron chi connectivity index (χ3n) is 2.41. The normalized spacial score (nSPS) is 12.7. The van der Waals surface area contributed by atoms with E-state index in [-0.39, 0.29) is 17.9 Å². The molecule has 2 rings (SSSR count). The molecular formula is C11H15N5OS. The molecule has 6 nitrogen and oxygen atoms in total. The van der Waals surface area contributed by atoms with Crippen LogP contribution < -0.4 is 5.32 Å². The molecule has 7 heteroatoms. The summed E-state index contributed by atoms with van der Waals surface area (Å²) in [6.45, 7) is 5.91. The maximum absolute atomic E-state index is 11.9. The van der Waals surface area contributed by atoms with Gasteiger partial charge in [0, 0.05) is 18.3 Å². The highest BCUT2D eigenvalue weighted by Crippen LogP contribution is 2.19. The number of H-pyrrole nitrogens is 1. The fourth-order valence-electron chi connectivity index (χ4n) is 1.40. The molecule has 1 atom stereocenters. The Labute approximate surface area is 109 Å². The highest BCUT2D eigenvalue weighted by atomic mass is 32.1. The molecule has 0 spiro atoms. The van der Waals surface area contributed by atoms with Crippen LogP contribution in [0.15, 0.2) is 12.4 Å². The summed E-state index contributed by atoms with van der Waals surface area (Å²) in [6, 6.07) is -0.182. The van der Waals surface area contributed by atoms with E-state index in [1.807, 2.05) is 20.8 Å². The molecule has 2 aromatic rings. The summed E-state index contributed by atoms with van der Waals surface area (Å²) in [7, 11) is 0. The van der Waals surface area contributed by atoms with Crippen molar-refractivity contribution in [2.75, 3.05) is 0 Å². The zero-order valence-corrected chi connectivity index (χ0v) is 11.3. The quantitative estimate of drug-likeness (QED) is 0.884. The molecule has 18 heavy (non-hydrogen) atoms. The Morgan fingerprint density at radius 2 is 2.17 bits per heavy atom.